The molecule has 0 saturated carbocycles. The average Bonchev–Trinajstić information content (AvgIpc) is 3.94. The Kier molecular flexibility index (Phi) is 7.11. The molecule has 0 amide bonds. The van der Waals surface area contributed by atoms with E-state index >= 15 is 0 Å². The summed E-state index contributed by atoms with van der Waals surface area (Å²) in [4.78, 5) is 4.87. The van der Waals surface area contributed by atoms with Gasteiger partial charge in [0.25, 0.3) is 0 Å². The molecule has 10 rings (SSSR count). The summed E-state index contributed by atoms with van der Waals surface area (Å²) >= 11 is 5.50. The van der Waals surface area contributed by atoms with Gasteiger partial charge in [-0.05, 0) is 112 Å². The van der Waals surface area contributed by atoms with E-state index in [0.717, 1.165) is 16.1 Å². The first-order valence-electron chi connectivity index (χ1n) is 18.1. The third-order valence-corrected chi connectivity index (χ3v) is 15.2. The van der Waals surface area contributed by atoms with Gasteiger partial charge < -0.3 is 4.90 Å². The van der Waals surface area contributed by atoms with Gasteiger partial charge in [-0.3, -0.25) is 0 Å². The highest BCUT2D eigenvalue weighted by Crippen LogP contribution is 2.53. The van der Waals surface area contributed by atoms with Gasteiger partial charge in [0.1, 0.15) is 0 Å². The van der Waals surface area contributed by atoms with Crippen molar-refractivity contribution in [2.75, 3.05) is 4.90 Å². The number of nitriles is 1. The van der Waals surface area contributed by atoms with Crippen LogP contribution >= 0.6 is 34.0 Å². The molecule has 0 fully saturated rings. The van der Waals surface area contributed by atoms with E-state index in [1.807, 2.05) is 35.7 Å². The van der Waals surface area contributed by atoms with Gasteiger partial charge in [0, 0.05) is 52.6 Å². The molecule has 5 aromatic carbocycles. The van der Waals surface area contributed by atoms with Crippen LogP contribution in [-0.4, -0.2) is 0 Å². The molecule has 3 heterocycles. The van der Waals surface area contributed by atoms with Crippen LogP contribution in [0.25, 0.3) is 57.6 Å². The number of thiophene rings is 3. The van der Waals surface area contributed by atoms with Gasteiger partial charge in [-0.1, -0.05) is 100 Å². The molecule has 0 radical (unpaired) electrons. The third kappa shape index (κ3) is 4.86. The predicted octanol–water partition coefficient (Wildman–Crippen LogP) is 14.9. The zero-order valence-electron chi connectivity index (χ0n) is 30.2. The first-order chi connectivity index (χ1) is 25.6. The Hall–Kier alpha value is -5.25. The summed E-state index contributed by atoms with van der Waals surface area (Å²) in [7, 11) is 0. The molecule has 8 aromatic rings. The van der Waals surface area contributed by atoms with Crippen molar-refractivity contribution in [1.29, 1.82) is 5.26 Å². The van der Waals surface area contributed by atoms with Crippen molar-refractivity contribution in [3.63, 3.8) is 0 Å². The van der Waals surface area contributed by atoms with Crippen molar-refractivity contribution in [3.8, 4) is 38.8 Å². The van der Waals surface area contributed by atoms with Crippen LogP contribution in [0, 0.1) is 11.3 Å². The Balaban J connectivity index is 1.08. The first kappa shape index (κ1) is 32.4. The second-order valence-electron chi connectivity index (χ2n) is 15.4. The Labute approximate surface area is 322 Å². The fourth-order valence-corrected chi connectivity index (χ4v) is 12.7. The summed E-state index contributed by atoms with van der Waals surface area (Å²) in [5.41, 5.74) is 16.1. The van der Waals surface area contributed by atoms with Crippen LogP contribution in [-0.2, 0) is 10.8 Å². The molecule has 0 bridgehead atoms. The van der Waals surface area contributed by atoms with E-state index in [1.54, 1.807) is 11.3 Å². The molecule has 5 heteroatoms. The van der Waals surface area contributed by atoms with E-state index in [1.165, 1.54) is 85.1 Å². The number of nitrogens with zero attached hydrogens (tertiary/aromatic N) is 2. The van der Waals surface area contributed by atoms with Crippen molar-refractivity contribution < 1.29 is 0 Å². The number of anilines is 3. The maximum absolute atomic E-state index is 9.28. The molecule has 2 nitrogen and oxygen atoms in total. The smallest absolute Gasteiger partial charge is 0.0944 e. The van der Waals surface area contributed by atoms with Crippen molar-refractivity contribution >= 4 is 75.9 Å². The summed E-state index contributed by atoms with van der Waals surface area (Å²) in [6, 6.07) is 47.9. The molecular weight excluding hydrogens is 701 g/mol. The number of allylic oxidation sites excluding steroid dienone is 1. The molecular formula is C48H36N2S3. The molecule has 0 spiro atoms. The van der Waals surface area contributed by atoms with Crippen LogP contribution in [0.2, 0.25) is 0 Å². The summed E-state index contributed by atoms with van der Waals surface area (Å²) in [6.45, 7) is 11.3. The number of hydrogen-bond donors (Lipinski definition) is 0. The van der Waals surface area contributed by atoms with Crippen LogP contribution in [0.1, 0.15) is 61.7 Å². The molecule has 2 aliphatic rings. The van der Waals surface area contributed by atoms with Crippen molar-refractivity contribution in [2.45, 2.75) is 45.4 Å². The zero-order chi connectivity index (χ0) is 36.2. The molecule has 0 saturated heterocycles. The van der Waals surface area contributed by atoms with Gasteiger partial charge in [0.15, 0.2) is 0 Å². The Morgan fingerprint density at radius 2 is 1.08 bits per heavy atom. The lowest BCUT2D eigenvalue weighted by Crippen LogP contribution is -2.18. The molecule has 0 aliphatic heterocycles. The van der Waals surface area contributed by atoms with E-state index < -0.39 is 0 Å². The monoisotopic (exact) mass is 736 g/mol. The van der Waals surface area contributed by atoms with E-state index in [-0.39, 0.29) is 10.8 Å². The molecule has 2 aliphatic carbocycles. The SMILES string of the molecule is C/C(C#N)=C\c1cc2sc3cc(-c4ccc(N(c5ccc6c(c5)C(C)(C)c5ccccc5-6)c5ccc6c(c5)C(C)(C)c5ccccc5-6)cc4)sc3c2s1. The number of fused-ring (bicyclic) bond motifs is 9. The van der Waals surface area contributed by atoms with Crippen molar-refractivity contribution in [1.82, 2.24) is 0 Å². The van der Waals surface area contributed by atoms with Gasteiger partial charge in [-0.25, -0.2) is 0 Å². The minimum atomic E-state index is -0.0926. The van der Waals surface area contributed by atoms with E-state index in [4.69, 9.17) is 0 Å². The van der Waals surface area contributed by atoms with Gasteiger partial charge >= 0.3 is 0 Å². The fourth-order valence-electron chi connectivity index (χ4n) is 8.70. The highest BCUT2D eigenvalue weighted by atomic mass is 32.1. The van der Waals surface area contributed by atoms with E-state index in [2.05, 4.69) is 160 Å². The number of benzene rings is 5. The fraction of sp³-hybridized carbons (Fsp3) is 0.146. The lowest BCUT2D eigenvalue weighted by molar-refractivity contribution is 0.660. The van der Waals surface area contributed by atoms with Crippen molar-refractivity contribution in [3.05, 3.63) is 154 Å². The highest BCUT2D eigenvalue weighted by molar-refractivity contribution is 7.39. The summed E-state index contributed by atoms with van der Waals surface area (Å²) in [6.07, 6.45) is 1.99. The third-order valence-electron chi connectivity index (χ3n) is 11.4. The lowest BCUT2D eigenvalue weighted by atomic mass is 9.82. The standard InChI is InChI=1S/C48H36N2S3/c1-28(27-49)22-33-25-43-45(51-33)46-44(52-43)26-42(53-46)29-14-16-30(17-15-29)50(31-18-20-36-34-10-6-8-12-38(34)47(2,3)40(36)23-31)32-19-21-37-35-11-7-9-13-39(35)48(4,5)41(37)24-32/h6-26H,1-5H3/b28-22+. The average molecular weight is 737 g/mol. The van der Waals surface area contributed by atoms with Gasteiger partial charge in [0.2, 0.25) is 0 Å². The molecule has 0 atom stereocenters. The second kappa shape index (κ2) is 11.6. The minimum absolute atomic E-state index is 0.0926. The molecule has 53 heavy (non-hydrogen) atoms. The van der Waals surface area contributed by atoms with Gasteiger partial charge in [-0.15, -0.1) is 34.0 Å². The Morgan fingerprint density at radius 1 is 0.566 bits per heavy atom. The van der Waals surface area contributed by atoms with Crippen LogP contribution in [0.3, 0.4) is 0 Å². The lowest BCUT2D eigenvalue weighted by Gasteiger charge is -2.30. The van der Waals surface area contributed by atoms with Crippen LogP contribution < -0.4 is 4.90 Å². The second-order valence-corrected chi connectivity index (χ2v) is 18.6. The normalized spacial score (nSPS) is 14.9. The summed E-state index contributed by atoms with van der Waals surface area (Å²) in [5.74, 6) is 0. The quantitative estimate of drug-likeness (QED) is 0.165. The first-order valence-corrected chi connectivity index (χ1v) is 20.5. The van der Waals surface area contributed by atoms with E-state index in [0.29, 0.717) is 0 Å². The largest absolute Gasteiger partial charge is 0.310 e. The molecule has 256 valence electrons. The molecule has 3 aromatic heterocycles. The Morgan fingerprint density at radius 3 is 1.66 bits per heavy atom. The molecule has 0 unspecified atom stereocenters. The molecule has 0 N–H and O–H groups in total. The topological polar surface area (TPSA) is 27.0 Å². The zero-order valence-corrected chi connectivity index (χ0v) is 32.7. The van der Waals surface area contributed by atoms with Crippen LogP contribution in [0.5, 0.6) is 0 Å². The van der Waals surface area contributed by atoms with Crippen LogP contribution in [0.15, 0.2) is 127 Å². The number of rotatable bonds is 5. The number of hydrogen-bond acceptors (Lipinski definition) is 5. The van der Waals surface area contributed by atoms with Crippen LogP contribution in [0.4, 0.5) is 17.1 Å². The minimum Gasteiger partial charge on any atom is -0.310 e. The Bertz CT molecular complexity index is 2760. The van der Waals surface area contributed by atoms with Gasteiger partial charge in [0.05, 0.1) is 15.5 Å². The summed E-state index contributed by atoms with van der Waals surface area (Å²) < 4.78 is 5.29. The summed E-state index contributed by atoms with van der Waals surface area (Å²) in [5, 5.41) is 9.28. The maximum atomic E-state index is 9.28. The highest BCUT2D eigenvalue weighted by Gasteiger charge is 2.37. The predicted molar refractivity (Wildman–Crippen MR) is 230 cm³/mol. The van der Waals surface area contributed by atoms with E-state index in [9.17, 15) is 5.26 Å². The van der Waals surface area contributed by atoms with Gasteiger partial charge in [-0.2, -0.15) is 5.26 Å². The van der Waals surface area contributed by atoms with Crippen molar-refractivity contribution in [2.24, 2.45) is 0 Å². The maximum Gasteiger partial charge on any atom is 0.0944 e.